The largest absolute Gasteiger partial charge is 0.386 e. The summed E-state index contributed by atoms with van der Waals surface area (Å²) in [5.41, 5.74) is 1.70. The lowest BCUT2D eigenvalue weighted by molar-refractivity contribution is -0.0557. The maximum Gasteiger partial charge on any atom is 0.325 e. The highest BCUT2D eigenvalue weighted by molar-refractivity contribution is 8.60. The van der Waals surface area contributed by atoms with Crippen LogP contribution in [-0.2, 0) is 51.2 Å². The van der Waals surface area contributed by atoms with Gasteiger partial charge in [-0.2, -0.15) is 4.98 Å². The maximum atomic E-state index is 12.3. The molecule has 236 valence electrons. The molecule has 44 heavy (non-hydrogen) atoms. The summed E-state index contributed by atoms with van der Waals surface area (Å²) in [6.07, 6.45) is -3.37. The standard InChI is InChI=1S/C20H23N9O10P2S3/c21-20-26-15-11(17(32)27-20)25-6-29(15)18-8-1-7(36-18)2-34-40(33,42)39-13-9(3-35-41(43,44)38-8)37-19(12(13)30)28-5-24-10-14(28)22-4-23-16(10)31/h4-9,12-13,18-19,30H,1-3H2,(H,33,42)(H,43,44)(H,22,23,31)(H3,21,26,27,32)/t7-,8+,9+,12+,13+,18+,19+,40?/m0/s1. The summed E-state index contributed by atoms with van der Waals surface area (Å²) in [5.74, 6) is -0.125. The highest BCUT2D eigenvalue weighted by Crippen LogP contribution is 2.58. The van der Waals surface area contributed by atoms with E-state index in [9.17, 15) is 19.6 Å². The molecule has 4 aromatic heterocycles. The van der Waals surface area contributed by atoms with Crippen LogP contribution in [0.3, 0.4) is 0 Å². The second-order valence-electron chi connectivity index (χ2n) is 10.0. The molecule has 0 radical (unpaired) electrons. The number of aromatic amines is 2. The molecule has 0 saturated carbocycles. The van der Waals surface area contributed by atoms with Crippen LogP contribution in [0.4, 0.5) is 5.95 Å². The van der Waals surface area contributed by atoms with Gasteiger partial charge in [0.25, 0.3) is 11.1 Å². The second kappa shape index (κ2) is 11.3. The molecule has 0 amide bonds. The summed E-state index contributed by atoms with van der Waals surface area (Å²) in [4.78, 5) is 56.8. The summed E-state index contributed by atoms with van der Waals surface area (Å²) in [5, 5.41) is 11.3. The van der Waals surface area contributed by atoms with E-state index in [1.165, 1.54) is 28.1 Å². The molecule has 6 N–H and O–H groups in total. The zero-order valence-electron chi connectivity index (χ0n) is 22.0. The Kier molecular flexibility index (Phi) is 7.80. The van der Waals surface area contributed by atoms with Gasteiger partial charge in [0, 0.05) is 6.42 Å². The van der Waals surface area contributed by atoms with E-state index in [1.807, 2.05) is 0 Å². The Morgan fingerprint density at radius 3 is 2.48 bits per heavy atom. The lowest BCUT2D eigenvalue weighted by Crippen LogP contribution is -2.36. The van der Waals surface area contributed by atoms with Gasteiger partial charge in [0.2, 0.25) is 11.6 Å². The van der Waals surface area contributed by atoms with Crippen molar-refractivity contribution in [1.29, 1.82) is 0 Å². The zero-order valence-corrected chi connectivity index (χ0v) is 26.3. The number of aromatic nitrogens is 8. The van der Waals surface area contributed by atoms with Crippen LogP contribution in [0.15, 0.2) is 28.6 Å². The van der Waals surface area contributed by atoms with Crippen LogP contribution in [0.1, 0.15) is 18.9 Å². The minimum absolute atomic E-state index is 0.0238. The number of nitrogens with two attached hydrogens (primary N) is 1. The monoisotopic (exact) mass is 707 g/mol. The fraction of sp³-hybridized carbons (Fsp3) is 0.500. The zero-order chi connectivity index (χ0) is 31.0. The van der Waals surface area contributed by atoms with Crippen LogP contribution in [0, 0.1) is 0 Å². The molecule has 9 atom stereocenters. The smallest absolute Gasteiger partial charge is 0.325 e. The fourth-order valence-electron chi connectivity index (χ4n) is 5.29. The molecule has 0 aromatic carbocycles. The van der Waals surface area contributed by atoms with Gasteiger partial charge in [-0.15, -0.1) is 0 Å². The third-order valence-corrected chi connectivity index (χ3v) is 10.9. The van der Waals surface area contributed by atoms with Crippen molar-refractivity contribution >= 4 is 76.6 Å². The van der Waals surface area contributed by atoms with E-state index >= 15 is 0 Å². The predicted molar refractivity (Wildman–Crippen MR) is 161 cm³/mol. The van der Waals surface area contributed by atoms with Crippen molar-refractivity contribution in [3.8, 4) is 0 Å². The molecule has 19 nitrogen and oxygen atoms in total. The van der Waals surface area contributed by atoms with Crippen LogP contribution < -0.4 is 16.9 Å². The Labute approximate surface area is 260 Å². The van der Waals surface area contributed by atoms with Gasteiger partial charge in [-0.1, -0.05) is 12.2 Å². The number of anilines is 1. The Balaban J connectivity index is 1.19. The number of nitrogens with one attached hydrogen (secondary N) is 2. The summed E-state index contributed by atoms with van der Waals surface area (Å²) < 4.78 is 38.6. The quantitative estimate of drug-likeness (QED) is 0.114. The van der Waals surface area contributed by atoms with E-state index in [0.717, 1.165) is 0 Å². The Morgan fingerprint density at radius 1 is 0.977 bits per heavy atom. The van der Waals surface area contributed by atoms with Crippen LogP contribution in [0.5, 0.6) is 0 Å². The Bertz CT molecular complexity index is 1970. The number of H-pyrrole nitrogens is 2. The first kappa shape index (κ1) is 30.5. The van der Waals surface area contributed by atoms with Crippen LogP contribution in [0.25, 0.3) is 22.3 Å². The Hall–Kier alpha value is -2.17. The molecule has 24 heteroatoms. The summed E-state index contributed by atoms with van der Waals surface area (Å²) >= 11 is 15.4. The number of nitrogens with zero attached hydrogens (tertiary/aromatic N) is 6. The number of fused-ring (bicyclic) bond motifs is 5. The van der Waals surface area contributed by atoms with E-state index in [2.05, 4.69) is 42.2 Å². The van der Waals surface area contributed by atoms with E-state index in [4.69, 9.17) is 56.9 Å². The number of thiol groups is 1. The Morgan fingerprint density at radius 2 is 1.70 bits per heavy atom. The van der Waals surface area contributed by atoms with Crippen molar-refractivity contribution in [3.05, 3.63) is 39.7 Å². The third-order valence-electron chi connectivity index (χ3n) is 7.17. The topological polar surface area (TPSA) is 249 Å². The number of nitrogen functional groups attached to an aromatic ring is 1. The van der Waals surface area contributed by atoms with Crippen molar-refractivity contribution < 1.29 is 37.6 Å². The second-order valence-corrected chi connectivity index (χ2v) is 18.0. The van der Waals surface area contributed by atoms with Crippen LogP contribution >= 0.6 is 24.7 Å². The van der Waals surface area contributed by atoms with Crippen molar-refractivity contribution in [1.82, 2.24) is 39.0 Å². The molecule has 4 aromatic rings. The van der Waals surface area contributed by atoms with Gasteiger partial charge >= 0.3 is 6.72 Å². The lowest BCUT2D eigenvalue weighted by Gasteiger charge is -2.28. The van der Waals surface area contributed by atoms with Crippen molar-refractivity contribution in [2.75, 3.05) is 18.9 Å². The number of aliphatic hydroxyl groups is 1. The first-order chi connectivity index (χ1) is 20.9. The van der Waals surface area contributed by atoms with Crippen LogP contribution in [-0.4, -0.2) is 92.8 Å². The van der Waals surface area contributed by atoms with E-state index in [-0.39, 0.29) is 47.9 Å². The van der Waals surface area contributed by atoms with Gasteiger partial charge in [-0.25, -0.2) is 15.0 Å². The summed E-state index contributed by atoms with van der Waals surface area (Å²) in [6.45, 7) is -4.57. The number of imidazole rings is 2. The SMILES string of the molecule is Nc1nc2c(ncn2[C@@H]2O[C@@H]3COP(O)(=S)O[C@H]4[C@@H](O)[C@H](n5cnc6c(=O)[nH]cnc65)O[C@@H]4COP(=S)(S)O[C@@H]2C3)c(=O)[nH]1. The highest BCUT2D eigenvalue weighted by atomic mass is 32.9. The number of rotatable bonds is 2. The number of ether oxygens (including phenoxy) is 2. The molecule has 3 aliphatic heterocycles. The normalized spacial score (nSPS) is 36.6. The van der Waals surface area contributed by atoms with E-state index in [1.54, 1.807) is 0 Å². The van der Waals surface area contributed by atoms with Gasteiger partial charge in [0.05, 0.1) is 38.3 Å². The van der Waals surface area contributed by atoms with Crippen molar-refractivity contribution in [2.24, 2.45) is 0 Å². The van der Waals surface area contributed by atoms with Gasteiger partial charge in [-0.3, -0.25) is 28.2 Å². The molecule has 3 saturated heterocycles. The summed E-state index contributed by atoms with van der Waals surface area (Å²) in [7, 11) is 0. The van der Waals surface area contributed by atoms with Gasteiger partial charge < -0.3 is 43.8 Å². The average Bonchev–Trinajstić information content (AvgIpc) is 3.72. The van der Waals surface area contributed by atoms with Gasteiger partial charge in [-0.05, 0) is 23.6 Å². The van der Waals surface area contributed by atoms with Crippen molar-refractivity contribution in [3.63, 3.8) is 0 Å². The minimum Gasteiger partial charge on any atom is -0.386 e. The predicted octanol–water partition coefficient (Wildman–Crippen LogP) is -0.431. The van der Waals surface area contributed by atoms with Crippen LogP contribution in [0.2, 0.25) is 0 Å². The molecule has 0 spiro atoms. The van der Waals surface area contributed by atoms with Crippen molar-refractivity contribution in [2.45, 2.75) is 49.4 Å². The molecule has 3 aliphatic rings. The number of hydrogen-bond acceptors (Lipinski definition) is 16. The molecular weight excluding hydrogens is 684 g/mol. The molecule has 7 heterocycles. The summed E-state index contributed by atoms with van der Waals surface area (Å²) in [6, 6.07) is 0. The highest BCUT2D eigenvalue weighted by Gasteiger charge is 2.50. The fourth-order valence-corrected chi connectivity index (χ4v) is 8.76. The minimum atomic E-state index is -4.02. The first-order valence-electron chi connectivity index (χ1n) is 12.8. The van der Waals surface area contributed by atoms with Gasteiger partial charge in [0.1, 0.15) is 24.4 Å². The van der Waals surface area contributed by atoms with E-state index < -0.39 is 66.5 Å². The molecule has 2 unspecified atom stereocenters. The molecular formula is C20H23N9O10P2S3. The molecule has 0 aliphatic carbocycles. The van der Waals surface area contributed by atoms with E-state index in [0.29, 0.717) is 0 Å². The maximum absolute atomic E-state index is 12.3. The lowest BCUT2D eigenvalue weighted by atomic mass is 10.1. The number of hydrogen-bond donors (Lipinski definition) is 6. The van der Waals surface area contributed by atoms with Gasteiger partial charge in [0.15, 0.2) is 34.8 Å². The molecule has 7 rings (SSSR count). The average molecular weight is 708 g/mol. The third kappa shape index (κ3) is 5.57. The number of aliphatic hydroxyl groups excluding tert-OH is 1. The first-order valence-corrected chi connectivity index (χ1v) is 19.2. The molecule has 2 bridgehead atoms. The molecule has 3 fully saturated rings.